The minimum atomic E-state index is 0. The van der Waals surface area contributed by atoms with Crippen LogP contribution >= 0.6 is 35.6 Å². The lowest BCUT2D eigenvalue weighted by Gasteiger charge is -2.12. The van der Waals surface area contributed by atoms with E-state index >= 15 is 0 Å². The van der Waals surface area contributed by atoms with Crippen LogP contribution < -0.4 is 15.4 Å². The fourth-order valence-electron chi connectivity index (χ4n) is 2.00. The summed E-state index contributed by atoms with van der Waals surface area (Å²) in [4.78, 5) is 4.18. The van der Waals surface area contributed by atoms with Gasteiger partial charge in [0.15, 0.2) is 5.96 Å². The van der Waals surface area contributed by atoms with Gasteiger partial charge in [-0.3, -0.25) is 9.67 Å². The molecule has 1 aromatic heterocycles. The molecule has 0 atom stereocenters. The molecular weight excluding hydrogens is 441 g/mol. The average Bonchev–Trinajstić information content (AvgIpc) is 3.07. The molecule has 1 aromatic carbocycles. The fourth-order valence-corrected chi connectivity index (χ4v) is 2.18. The maximum absolute atomic E-state index is 5.91. The Labute approximate surface area is 164 Å². The highest BCUT2D eigenvalue weighted by molar-refractivity contribution is 14.0. The van der Waals surface area contributed by atoms with Crippen molar-refractivity contribution in [3.63, 3.8) is 0 Å². The number of halogens is 2. The number of ether oxygens (including phenoxy) is 1. The van der Waals surface area contributed by atoms with Gasteiger partial charge < -0.3 is 15.4 Å². The number of aromatic nitrogens is 2. The zero-order valence-corrected chi connectivity index (χ0v) is 16.7. The van der Waals surface area contributed by atoms with Crippen LogP contribution in [0.1, 0.15) is 6.42 Å². The smallest absolute Gasteiger partial charge is 0.191 e. The SMILES string of the molecule is CN=C(NCCCn1cccn1)NCCOc1cccc(Cl)c1.I. The van der Waals surface area contributed by atoms with Crippen molar-refractivity contribution < 1.29 is 4.74 Å². The van der Waals surface area contributed by atoms with E-state index in [1.165, 1.54) is 0 Å². The third-order valence-corrected chi connectivity index (χ3v) is 3.33. The molecule has 2 aromatic rings. The zero-order chi connectivity index (χ0) is 16.3. The van der Waals surface area contributed by atoms with Crippen LogP contribution in [0, 0.1) is 0 Å². The Bertz CT molecular complexity index is 606. The molecule has 0 aliphatic carbocycles. The zero-order valence-electron chi connectivity index (χ0n) is 13.6. The number of nitrogens with one attached hydrogen (secondary N) is 2. The van der Waals surface area contributed by atoms with Crippen molar-refractivity contribution in [2.24, 2.45) is 4.99 Å². The van der Waals surface area contributed by atoms with Gasteiger partial charge in [0.2, 0.25) is 0 Å². The summed E-state index contributed by atoms with van der Waals surface area (Å²) in [6.45, 7) is 2.91. The Kier molecular flexibility index (Phi) is 10.3. The summed E-state index contributed by atoms with van der Waals surface area (Å²) in [6, 6.07) is 9.29. The van der Waals surface area contributed by atoms with Crippen molar-refractivity contribution in [2.45, 2.75) is 13.0 Å². The maximum atomic E-state index is 5.91. The Morgan fingerprint density at radius 3 is 2.83 bits per heavy atom. The number of hydrogen-bond acceptors (Lipinski definition) is 3. The molecule has 0 saturated carbocycles. The number of aliphatic imine (C=N–C) groups is 1. The van der Waals surface area contributed by atoms with Gasteiger partial charge in [0.1, 0.15) is 12.4 Å². The van der Waals surface area contributed by atoms with Gasteiger partial charge in [-0.15, -0.1) is 24.0 Å². The third kappa shape index (κ3) is 7.87. The molecule has 132 valence electrons. The van der Waals surface area contributed by atoms with Gasteiger partial charge in [-0.1, -0.05) is 17.7 Å². The minimum absolute atomic E-state index is 0. The number of rotatable bonds is 8. The molecule has 2 rings (SSSR count). The molecule has 0 aliphatic heterocycles. The molecule has 6 nitrogen and oxygen atoms in total. The largest absolute Gasteiger partial charge is 0.492 e. The van der Waals surface area contributed by atoms with Crippen LogP contribution in [0.15, 0.2) is 47.7 Å². The predicted molar refractivity (Wildman–Crippen MR) is 109 cm³/mol. The molecule has 2 N–H and O–H groups in total. The van der Waals surface area contributed by atoms with Gasteiger partial charge in [0.05, 0.1) is 6.54 Å². The third-order valence-electron chi connectivity index (χ3n) is 3.10. The van der Waals surface area contributed by atoms with Gasteiger partial charge >= 0.3 is 0 Å². The molecule has 0 fully saturated rings. The first-order chi connectivity index (χ1) is 11.3. The Morgan fingerprint density at radius 1 is 1.29 bits per heavy atom. The van der Waals surface area contributed by atoms with E-state index in [2.05, 4.69) is 20.7 Å². The first kappa shape index (κ1) is 20.6. The molecule has 1 heterocycles. The number of aryl methyl sites for hydroxylation is 1. The maximum Gasteiger partial charge on any atom is 0.191 e. The summed E-state index contributed by atoms with van der Waals surface area (Å²) in [5.41, 5.74) is 0. The monoisotopic (exact) mass is 463 g/mol. The van der Waals surface area contributed by atoms with Crippen LogP contribution in [0.5, 0.6) is 5.75 Å². The second kappa shape index (κ2) is 12.0. The van der Waals surface area contributed by atoms with Crippen molar-refractivity contribution in [1.29, 1.82) is 0 Å². The van der Waals surface area contributed by atoms with E-state index in [-0.39, 0.29) is 24.0 Å². The quantitative estimate of drug-likeness (QED) is 0.273. The first-order valence-corrected chi connectivity index (χ1v) is 7.96. The van der Waals surface area contributed by atoms with Crippen molar-refractivity contribution in [1.82, 2.24) is 20.4 Å². The number of guanidine groups is 1. The van der Waals surface area contributed by atoms with Crippen molar-refractivity contribution >= 4 is 41.5 Å². The van der Waals surface area contributed by atoms with Crippen LogP contribution in [0.25, 0.3) is 0 Å². The lowest BCUT2D eigenvalue weighted by molar-refractivity contribution is 0.322. The normalized spacial score (nSPS) is 10.8. The summed E-state index contributed by atoms with van der Waals surface area (Å²) in [5, 5.41) is 11.3. The Morgan fingerprint density at radius 2 is 2.12 bits per heavy atom. The summed E-state index contributed by atoms with van der Waals surface area (Å²) in [7, 11) is 1.75. The van der Waals surface area contributed by atoms with E-state index in [1.54, 1.807) is 19.3 Å². The van der Waals surface area contributed by atoms with E-state index < -0.39 is 0 Å². The molecular formula is C16H23ClIN5O. The molecule has 0 radical (unpaired) electrons. The van der Waals surface area contributed by atoms with Gasteiger partial charge in [-0.25, -0.2) is 0 Å². The first-order valence-electron chi connectivity index (χ1n) is 7.58. The van der Waals surface area contributed by atoms with Crippen molar-refractivity contribution in [3.05, 3.63) is 47.7 Å². The van der Waals surface area contributed by atoms with Crippen molar-refractivity contribution in [2.75, 3.05) is 26.7 Å². The van der Waals surface area contributed by atoms with Crippen LogP contribution in [-0.2, 0) is 6.54 Å². The van der Waals surface area contributed by atoms with E-state index in [1.807, 2.05) is 35.1 Å². The molecule has 24 heavy (non-hydrogen) atoms. The fraction of sp³-hybridized carbons (Fsp3) is 0.375. The Hall–Kier alpha value is -1.48. The van der Waals surface area contributed by atoms with E-state index in [0.29, 0.717) is 18.2 Å². The van der Waals surface area contributed by atoms with Crippen LogP contribution in [0.3, 0.4) is 0 Å². The van der Waals surface area contributed by atoms with Crippen LogP contribution in [0.4, 0.5) is 0 Å². The van der Waals surface area contributed by atoms with E-state index in [4.69, 9.17) is 16.3 Å². The lowest BCUT2D eigenvalue weighted by Crippen LogP contribution is -2.39. The topological polar surface area (TPSA) is 63.5 Å². The van der Waals surface area contributed by atoms with Gasteiger partial charge in [0, 0.05) is 37.6 Å². The molecule has 0 saturated heterocycles. The highest BCUT2D eigenvalue weighted by atomic mass is 127. The number of hydrogen-bond donors (Lipinski definition) is 2. The summed E-state index contributed by atoms with van der Waals surface area (Å²) >= 11 is 5.91. The van der Waals surface area contributed by atoms with Crippen LogP contribution in [-0.4, -0.2) is 42.5 Å². The van der Waals surface area contributed by atoms with Gasteiger partial charge in [0.25, 0.3) is 0 Å². The molecule has 0 spiro atoms. The summed E-state index contributed by atoms with van der Waals surface area (Å²) < 4.78 is 7.53. The Balaban J connectivity index is 0.00000288. The molecule has 8 heteroatoms. The van der Waals surface area contributed by atoms with Gasteiger partial charge in [-0.2, -0.15) is 5.10 Å². The summed E-state index contributed by atoms with van der Waals surface area (Å²) in [5.74, 6) is 1.53. The van der Waals surface area contributed by atoms with E-state index in [9.17, 15) is 0 Å². The van der Waals surface area contributed by atoms with Crippen molar-refractivity contribution in [3.8, 4) is 5.75 Å². The number of nitrogens with zero attached hydrogens (tertiary/aromatic N) is 3. The van der Waals surface area contributed by atoms with Crippen LogP contribution in [0.2, 0.25) is 5.02 Å². The molecule has 0 bridgehead atoms. The number of benzene rings is 1. The second-order valence-corrected chi connectivity index (χ2v) is 5.29. The summed E-state index contributed by atoms with van der Waals surface area (Å²) in [6.07, 6.45) is 4.72. The van der Waals surface area contributed by atoms with Gasteiger partial charge in [-0.05, 0) is 30.7 Å². The average molecular weight is 464 g/mol. The lowest BCUT2D eigenvalue weighted by atomic mass is 10.3. The molecule has 0 aliphatic rings. The predicted octanol–water partition coefficient (Wildman–Crippen LogP) is 2.79. The minimum Gasteiger partial charge on any atom is -0.492 e. The second-order valence-electron chi connectivity index (χ2n) is 4.85. The highest BCUT2D eigenvalue weighted by Crippen LogP contribution is 2.16. The standard InChI is InChI=1S/C16H22ClN5O.HI/c1-18-16(19-7-3-10-22-11-4-8-21-22)20-9-12-23-15-6-2-5-14(17)13-15;/h2,4-6,8,11,13H,3,7,9-10,12H2,1H3,(H2,18,19,20);1H. The van der Waals surface area contributed by atoms with E-state index in [0.717, 1.165) is 31.2 Å². The molecule has 0 amide bonds. The molecule has 0 unspecified atom stereocenters. The highest BCUT2D eigenvalue weighted by Gasteiger charge is 1.98.